The fraction of sp³-hybridized carbons (Fsp3) is 0.0667. The Morgan fingerprint density at radius 1 is 0.645 bits per heavy atom. The van der Waals surface area contributed by atoms with Gasteiger partial charge in [-0.1, -0.05) is 115 Å². The maximum atomic E-state index is 5.98. The molecule has 0 unspecified atom stereocenters. The van der Waals surface area contributed by atoms with Crippen molar-refractivity contribution < 1.29 is 0 Å². The molecule has 2 aliphatic carbocycles. The van der Waals surface area contributed by atoms with Gasteiger partial charge in [0, 0.05) is 0 Å². The Hall–Kier alpha value is -3.58. The monoisotopic (exact) mass is 394 g/mol. The second-order valence-corrected chi connectivity index (χ2v) is 7.92. The van der Waals surface area contributed by atoms with E-state index < -0.39 is 0 Å². The SMILES string of the molecule is [B]C1=C\C=C/C=C\C=C(c2ccc3c(c2)c2c(c4ccccc43)CCC=C2)/C=C/C=C1. The van der Waals surface area contributed by atoms with Gasteiger partial charge in [0.1, 0.15) is 7.85 Å². The minimum atomic E-state index is 0.733. The van der Waals surface area contributed by atoms with Crippen LogP contribution in [-0.4, -0.2) is 7.85 Å². The molecule has 146 valence electrons. The van der Waals surface area contributed by atoms with Gasteiger partial charge in [-0.25, -0.2) is 0 Å². The molecule has 0 bridgehead atoms. The van der Waals surface area contributed by atoms with Crippen LogP contribution in [0.3, 0.4) is 0 Å². The molecule has 1 heteroatoms. The van der Waals surface area contributed by atoms with Crippen molar-refractivity contribution in [2.45, 2.75) is 12.8 Å². The molecule has 0 saturated carbocycles. The number of rotatable bonds is 1. The summed E-state index contributed by atoms with van der Waals surface area (Å²) in [6.45, 7) is 0. The van der Waals surface area contributed by atoms with E-state index in [1.807, 2.05) is 42.5 Å². The Kier molecular flexibility index (Phi) is 5.41. The molecule has 0 aromatic heterocycles. The molecule has 3 aromatic carbocycles. The van der Waals surface area contributed by atoms with E-state index in [2.05, 4.69) is 72.8 Å². The zero-order chi connectivity index (χ0) is 21.0. The van der Waals surface area contributed by atoms with E-state index in [-0.39, 0.29) is 0 Å². The second-order valence-electron chi connectivity index (χ2n) is 7.92. The molecule has 3 aromatic rings. The maximum Gasteiger partial charge on any atom is 0.113 e. The summed E-state index contributed by atoms with van der Waals surface area (Å²) in [7, 11) is 5.98. The summed E-state index contributed by atoms with van der Waals surface area (Å²) >= 11 is 0. The van der Waals surface area contributed by atoms with E-state index in [0.29, 0.717) is 0 Å². The molecule has 31 heavy (non-hydrogen) atoms. The average molecular weight is 394 g/mol. The van der Waals surface area contributed by atoms with Crippen LogP contribution in [0, 0.1) is 0 Å². The lowest BCUT2D eigenvalue weighted by Gasteiger charge is -2.18. The van der Waals surface area contributed by atoms with Gasteiger partial charge in [-0.05, 0) is 62.7 Å². The molecule has 0 saturated heterocycles. The molecular weight excluding hydrogens is 371 g/mol. The van der Waals surface area contributed by atoms with E-state index in [4.69, 9.17) is 7.85 Å². The zero-order valence-corrected chi connectivity index (χ0v) is 17.5. The van der Waals surface area contributed by atoms with Crippen molar-refractivity contribution in [3.8, 4) is 0 Å². The van der Waals surface area contributed by atoms with Gasteiger partial charge in [0.05, 0.1) is 0 Å². The Labute approximate surface area is 185 Å². The Morgan fingerprint density at radius 2 is 1.42 bits per heavy atom. The normalized spacial score (nSPS) is 20.8. The first-order valence-electron chi connectivity index (χ1n) is 10.8. The zero-order valence-electron chi connectivity index (χ0n) is 17.5. The summed E-state index contributed by atoms with van der Waals surface area (Å²) < 4.78 is 0. The summed E-state index contributed by atoms with van der Waals surface area (Å²) in [5.74, 6) is 0. The molecule has 5 rings (SSSR count). The first-order valence-corrected chi connectivity index (χ1v) is 10.8. The van der Waals surface area contributed by atoms with Crippen molar-refractivity contribution in [1.82, 2.24) is 0 Å². The molecule has 2 aliphatic rings. The second kappa shape index (κ2) is 8.66. The van der Waals surface area contributed by atoms with Crippen LogP contribution >= 0.6 is 0 Å². The fourth-order valence-electron chi connectivity index (χ4n) is 4.44. The molecular formula is C30H23B. The lowest BCUT2D eigenvalue weighted by atomic mass is 9.85. The van der Waals surface area contributed by atoms with Crippen LogP contribution in [-0.2, 0) is 6.42 Å². The first kappa shape index (κ1) is 19.4. The number of aryl methyl sites for hydroxylation is 1. The topological polar surface area (TPSA) is 0 Å². The van der Waals surface area contributed by atoms with E-state index >= 15 is 0 Å². The van der Waals surface area contributed by atoms with E-state index in [1.54, 1.807) is 0 Å². The number of benzene rings is 3. The van der Waals surface area contributed by atoms with Crippen LogP contribution in [0.15, 0.2) is 115 Å². The maximum absolute atomic E-state index is 5.98. The summed E-state index contributed by atoms with van der Waals surface area (Å²) in [5.41, 5.74) is 5.96. The average Bonchev–Trinajstić information content (AvgIpc) is 2.81. The van der Waals surface area contributed by atoms with Gasteiger partial charge in [-0.3, -0.25) is 0 Å². The first-order chi connectivity index (χ1) is 15.3. The predicted octanol–water partition coefficient (Wildman–Crippen LogP) is 7.63. The minimum absolute atomic E-state index is 0.733. The highest BCUT2D eigenvalue weighted by Crippen LogP contribution is 2.37. The van der Waals surface area contributed by atoms with Crippen molar-refractivity contribution in [1.29, 1.82) is 0 Å². The van der Waals surface area contributed by atoms with Crippen LogP contribution in [0.2, 0.25) is 0 Å². The summed E-state index contributed by atoms with van der Waals surface area (Å²) in [4.78, 5) is 0. The molecule has 0 nitrogen and oxygen atoms in total. The molecule has 2 radical (unpaired) electrons. The Bertz CT molecular complexity index is 1370. The molecule has 0 atom stereocenters. The van der Waals surface area contributed by atoms with Crippen molar-refractivity contribution in [3.63, 3.8) is 0 Å². The highest BCUT2D eigenvalue weighted by atomic mass is 14.2. The van der Waals surface area contributed by atoms with Gasteiger partial charge in [0.2, 0.25) is 0 Å². The minimum Gasteiger partial charge on any atom is -0.0967 e. The van der Waals surface area contributed by atoms with Crippen LogP contribution < -0.4 is 0 Å². The van der Waals surface area contributed by atoms with Crippen molar-refractivity contribution in [3.05, 3.63) is 131 Å². The number of hydrogen-bond donors (Lipinski definition) is 0. The lowest BCUT2D eigenvalue weighted by molar-refractivity contribution is 1.00. The molecule has 0 aliphatic heterocycles. The molecule has 0 fully saturated rings. The molecule has 0 N–H and O–H groups in total. The quantitative estimate of drug-likeness (QED) is 0.294. The van der Waals surface area contributed by atoms with Gasteiger partial charge in [0.15, 0.2) is 0 Å². The van der Waals surface area contributed by atoms with Crippen LogP contribution in [0.25, 0.3) is 33.2 Å². The van der Waals surface area contributed by atoms with Gasteiger partial charge in [-0.15, -0.1) is 0 Å². The van der Waals surface area contributed by atoms with Gasteiger partial charge in [0.25, 0.3) is 0 Å². The summed E-state index contributed by atoms with van der Waals surface area (Å²) in [6, 6.07) is 15.7. The van der Waals surface area contributed by atoms with Crippen LogP contribution in [0.4, 0.5) is 0 Å². The standard InChI is InChI=1S/C30H23B/c31-24-13-4-2-1-3-11-22(12-5-6-14-24)23-19-20-29-27-17-8-7-15-25(27)26-16-9-10-18-28(26)30(29)21-23/h1-8,10-15,17-21H,9,16H2/b2-1?,3-1-,4-2-,6-5?,11-3?,12-5+,13-4?,14-6?,22-11+,22-12?,24-13?,24-14?. The third kappa shape index (κ3) is 3.92. The number of hydrogen-bond acceptors (Lipinski definition) is 0. The molecule has 0 amide bonds. The molecule has 0 spiro atoms. The van der Waals surface area contributed by atoms with E-state index in [1.165, 1.54) is 43.8 Å². The highest BCUT2D eigenvalue weighted by Gasteiger charge is 2.15. The van der Waals surface area contributed by atoms with Crippen molar-refractivity contribution in [2.24, 2.45) is 0 Å². The third-order valence-corrected chi connectivity index (χ3v) is 5.93. The number of allylic oxidation sites excluding steroid dienone is 13. The van der Waals surface area contributed by atoms with Gasteiger partial charge in [-0.2, -0.15) is 0 Å². The third-order valence-electron chi connectivity index (χ3n) is 5.93. The van der Waals surface area contributed by atoms with Crippen LogP contribution in [0.5, 0.6) is 0 Å². The van der Waals surface area contributed by atoms with Gasteiger partial charge >= 0.3 is 0 Å². The highest BCUT2D eigenvalue weighted by molar-refractivity contribution is 6.23. The van der Waals surface area contributed by atoms with Crippen molar-refractivity contribution in [2.75, 3.05) is 0 Å². The van der Waals surface area contributed by atoms with E-state index in [9.17, 15) is 0 Å². The smallest absolute Gasteiger partial charge is 0.0967 e. The summed E-state index contributed by atoms with van der Waals surface area (Å²) in [6.07, 6.45) is 27.0. The fourth-order valence-corrected chi connectivity index (χ4v) is 4.44. The van der Waals surface area contributed by atoms with Crippen LogP contribution in [0.1, 0.15) is 23.1 Å². The van der Waals surface area contributed by atoms with Crippen molar-refractivity contribution >= 4 is 41.0 Å². The lowest BCUT2D eigenvalue weighted by Crippen LogP contribution is -1.98. The molecule has 0 heterocycles. The number of fused-ring (bicyclic) bond motifs is 6. The Morgan fingerprint density at radius 3 is 2.32 bits per heavy atom. The largest absolute Gasteiger partial charge is 0.113 e. The van der Waals surface area contributed by atoms with E-state index in [0.717, 1.165) is 18.3 Å². The summed E-state index contributed by atoms with van der Waals surface area (Å²) in [5, 5.41) is 5.38. The Balaban J connectivity index is 1.69. The predicted molar refractivity (Wildman–Crippen MR) is 137 cm³/mol. The van der Waals surface area contributed by atoms with Gasteiger partial charge < -0.3 is 0 Å².